The molecular weight excluding hydrogens is 112 g/mol. The monoisotopic (exact) mass is 128 g/mol. The van der Waals surface area contributed by atoms with Crippen LogP contribution in [-0.4, -0.2) is 11.7 Å². The summed E-state index contributed by atoms with van der Waals surface area (Å²) < 4.78 is 0. The van der Waals surface area contributed by atoms with Gasteiger partial charge in [-0.25, -0.2) is 0 Å². The number of rotatable bonds is 4. The average molecular weight is 128 g/mol. The normalized spacial score (nSPS) is 22.0. The standard InChI is InChI=1S/C8H16O/c1-7(6-9)2-3-8-4-5-8/h7-9H,2-6H2,1H3/t7-/m0/s1. The summed E-state index contributed by atoms with van der Waals surface area (Å²) in [5.41, 5.74) is 0. The molecule has 0 spiro atoms. The van der Waals surface area contributed by atoms with Crippen molar-refractivity contribution in [2.75, 3.05) is 6.61 Å². The summed E-state index contributed by atoms with van der Waals surface area (Å²) in [6.07, 6.45) is 5.46. The van der Waals surface area contributed by atoms with Gasteiger partial charge in [0.25, 0.3) is 0 Å². The SMILES string of the molecule is C[C@H](CO)CCC1CC1. The summed E-state index contributed by atoms with van der Waals surface area (Å²) in [5, 5.41) is 8.67. The minimum atomic E-state index is 0.368. The number of aliphatic hydroxyl groups excluding tert-OH is 1. The van der Waals surface area contributed by atoms with Gasteiger partial charge in [-0.05, 0) is 18.3 Å². The Hall–Kier alpha value is -0.0400. The van der Waals surface area contributed by atoms with E-state index in [1.54, 1.807) is 0 Å². The van der Waals surface area contributed by atoms with E-state index >= 15 is 0 Å². The zero-order valence-electron chi connectivity index (χ0n) is 6.14. The van der Waals surface area contributed by atoms with Crippen molar-refractivity contribution in [3.8, 4) is 0 Å². The molecule has 0 radical (unpaired) electrons. The lowest BCUT2D eigenvalue weighted by Crippen LogP contribution is -2.00. The Morgan fingerprint density at radius 3 is 2.67 bits per heavy atom. The van der Waals surface area contributed by atoms with Gasteiger partial charge in [0.1, 0.15) is 0 Å². The molecule has 1 nitrogen and oxygen atoms in total. The highest BCUT2D eigenvalue weighted by atomic mass is 16.3. The number of aliphatic hydroxyl groups is 1. The first kappa shape index (κ1) is 7.07. The zero-order chi connectivity index (χ0) is 6.69. The molecule has 9 heavy (non-hydrogen) atoms. The van der Waals surface area contributed by atoms with Crippen molar-refractivity contribution in [1.29, 1.82) is 0 Å². The van der Waals surface area contributed by atoms with Crippen molar-refractivity contribution in [2.24, 2.45) is 11.8 Å². The first-order chi connectivity index (χ1) is 4.33. The lowest BCUT2D eigenvalue weighted by atomic mass is 10.1. The Labute approximate surface area is 57.1 Å². The molecule has 0 aromatic rings. The molecule has 0 saturated heterocycles. The predicted octanol–water partition coefficient (Wildman–Crippen LogP) is 1.80. The smallest absolute Gasteiger partial charge is 0.0456 e. The van der Waals surface area contributed by atoms with Crippen LogP contribution in [0.15, 0.2) is 0 Å². The molecule has 0 aromatic carbocycles. The molecule has 1 atom stereocenters. The molecule has 1 heteroatoms. The fraction of sp³-hybridized carbons (Fsp3) is 1.00. The highest BCUT2D eigenvalue weighted by molar-refractivity contribution is 4.73. The summed E-state index contributed by atoms with van der Waals surface area (Å²) >= 11 is 0. The van der Waals surface area contributed by atoms with Gasteiger partial charge in [-0.1, -0.05) is 26.2 Å². The Kier molecular flexibility index (Phi) is 2.52. The minimum Gasteiger partial charge on any atom is -0.396 e. The molecule has 1 aliphatic carbocycles. The molecule has 0 aliphatic heterocycles. The van der Waals surface area contributed by atoms with Gasteiger partial charge in [-0.2, -0.15) is 0 Å². The van der Waals surface area contributed by atoms with E-state index in [4.69, 9.17) is 5.11 Å². The molecule has 1 aliphatic rings. The molecule has 1 N–H and O–H groups in total. The van der Waals surface area contributed by atoms with Gasteiger partial charge >= 0.3 is 0 Å². The molecule has 0 amide bonds. The van der Waals surface area contributed by atoms with Gasteiger partial charge in [0.2, 0.25) is 0 Å². The molecule has 0 aromatic heterocycles. The first-order valence-corrected chi connectivity index (χ1v) is 3.93. The fourth-order valence-electron chi connectivity index (χ4n) is 1.02. The van der Waals surface area contributed by atoms with Crippen LogP contribution >= 0.6 is 0 Å². The Bertz CT molecular complexity index is 76.6. The van der Waals surface area contributed by atoms with Crippen molar-refractivity contribution in [1.82, 2.24) is 0 Å². The van der Waals surface area contributed by atoms with Crippen molar-refractivity contribution < 1.29 is 5.11 Å². The van der Waals surface area contributed by atoms with Crippen LogP contribution in [0.5, 0.6) is 0 Å². The number of hydrogen-bond donors (Lipinski definition) is 1. The second-order valence-electron chi connectivity index (χ2n) is 3.31. The van der Waals surface area contributed by atoms with Crippen molar-refractivity contribution in [3.05, 3.63) is 0 Å². The van der Waals surface area contributed by atoms with Crippen molar-refractivity contribution in [3.63, 3.8) is 0 Å². The molecular formula is C8H16O. The summed E-state index contributed by atoms with van der Waals surface area (Å²) in [4.78, 5) is 0. The third-order valence-electron chi connectivity index (χ3n) is 2.08. The van der Waals surface area contributed by atoms with Gasteiger partial charge in [-0.3, -0.25) is 0 Å². The molecule has 0 unspecified atom stereocenters. The Morgan fingerprint density at radius 2 is 2.22 bits per heavy atom. The lowest BCUT2D eigenvalue weighted by Gasteiger charge is -2.04. The Balaban J connectivity index is 1.90. The highest BCUT2D eigenvalue weighted by Gasteiger charge is 2.20. The van der Waals surface area contributed by atoms with Crippen LogP contribution in [0.1, 0.15) is 32.6 Å². The van der Waals surface area contributed by atoms with Gasteiger partial charge < -0.3 is 5.11 Å². The topological polar surface area (TPSA) is 20.2 Å². The van der Waals surface area contributed by atoms with E-state index in [0.717, 1.165) is 5.92 Å². The van der Waals surface area contributed by atoms with Gasteiger partial charge in [0.15, 0.2) is 0 Å². The summed E-state index contributed by atoms with van der Waals surface area (Å²) in [5.74, 6) is 1.56. The van der Waals surface area contributed by atoms with Gasteiger partial charge in [0.05, 0.1) is 0 Å². The summed E-state index contributed by atoms with van der Waals surface area (Å²) in [6, 6.07) is 0. The second-order valence-corrected chi connectivity index (χ2v) is 3.31. The van der Waals surface area contributed by atoms with Crippen LogP contribution in [0.25, 0.3) is 0 Å². The molecule has 54 valence electrons. The van der Waals surface area contributed by atoms with E-state index in [-0.39, 0.29) is 0 Å². The summed E-state index contributed by atoms with van der Waals surface area (Å²) in [6.45, 7) is 2.48. The van der Waals surface area contributed by atoms with E-state index in [1.165, 1.54) is 25.7 Å². The summed E-state index contributed by atoms with van der Waals surface area (Å²) in [7, 11) is 0. The molecule has 1 saturated carbocycles. The first-order valence-electron chi connectivity index (χ1n) is 3.93. The van der Waals surface area contributed by atoms with E-state index < -0.39 is 0 Å². The third-order valence-corrected chi connectivity index (χ3v) is 2.08. The van der Waals surface area contributed by atoms with Crippen LogP contribution in [0.3, 0.4) is 0 Å². The van der Waals surface area contributed by atoms with Gasteiger partial charge in [-0.15, -0.1) is 0 Å². The predicted molar refractivity (Wildman–Crippen MR) is 38.2 cm³/mol. The molecule has 1 rings (SSSR count). The van der Waals surface area contributed by atoms with Crippen LogP contribution in [0.4, 0.5) is 0 Å². The van der Waals surface area contributed by atoms with E-state index in [1.807, 2.05) is 0 Å². The van der Waals surface area contributed by atoms with Crippen LogP contribution in [0.2, 0.25) is 0 Å². The quantitative estimate of drug-likeness (QED) is 0.612. The highest BCUT2D eigenvalue weighted by Crippen LogP contribution is 2.34. The average Bonchev–Trinajstić information content (AvgIpc) is 2.65. The second kappa shape index (κ2) is 3.21. The minimum absolute atomic E-state index is 0.368. The largest absolute Gasteiger partial charge is 0.396 e. The van der Waals surface area contributed by atoms with Crippen molar-refractivity contribution >= 4 is 0 Å². The van der Waals surface area contributed by atoms with E-state index in [9.17, 15) is 0 Å². The third kappa shape index (κ3) is 2.85. The lowest BCUT2D eigenvalue weighted by molar-refractivity contribution is 0.226. The molecule has 0 bridgehead atoms. The zero-order valence-corrected chi connectivity index (χ0v) is 6.14. The van der Waals surface area contributed by atoms with Crippen LogP contribution in [-0.2, 0) is 0 Å². The maximum Gasteiger partial charge on any atom is 0.0456 e. The maximum absolute atomic E-state index is 8.67. The van der Waals surface area contributed by atoms with Crippen LogP contribution < -0.4 is 0 Å². The molecule has 0 heterocycles. The van der Waals surface area contributed by atoms with Crippen LogP contribution in [0, 0.1) is 11.8 Å². The Morgan fingerprint density at radius 1 is 1.56 bits per heavy atom. The fourth-order valence-corrected chi connectivity index (χ4v) is 1.02. The molecule has 1 fully saturated rings. The number of hydrogen-bond acceptors (Lipinski definition) is 1. The maximum atomic E-state index is 8.67. The van der Waals surface area contributed by atoms with Gasteiger partial charge in [0, 0.05) is 6.61 Å². The van der Waals surface area contributed by atoms with E-state index in [2.05, 4.69) is 6.92 Å². The van der Waals surface area contributed by atoms with E-state index in [0.29, 0.717) is 12.5 Å². The van der Waals surface area contributed by atoms with Crippen molar-refractivity contribution in [2.45, 2.75) is 32.6 Å².